The molecule has 0 aliphatic heterocycles. The molecule has 0 atom stereocenters. The van der Waals surface area contributed by atoms with E-state index >= 15 is 0 Å². The van der Waals surface area contributed by atoms with E-state index in [1.54, 1.807) is 19.2 Å². The molecule has 0 bridgehead atoms. The molecule has 1 aliphatic carbocycles. The number of hydrogen-bond donors (Lipinski definition) is 2. The smallest absolute Gasteiger partial charge is 0.258 e. The van der Waals surface area contributed by atoms with E-state index in [2.05, 4.69) is 20.3 Å². The third-order valence-electron chi connectivity index (χ3n) is 4.15. The number of methoxy groups -OCH3 is 1. The second kappa shape index (κ2) is 6.20. The van der Waals surface area contributed by atoms with Gasteiger partial charge in [-0.25, -0.2) is 4.98 Å². The molecule has 0 unspecified atom stereocenters. The first kappa shape index (κ1) is 16.2. The summed E-state index contributed by atoms with van der Waals surface area (Å²) in [5.41, 5.74) is 2.03. The minimum atomic E-state index is -0.350. The number of ether oxygens (including phenoxy) is 1. The molecule has 25 heavy (non-hydrogen) atoms. The van der Waals surface area contributed by atoms with Crippen LogP contribution >= 0.6 is 23.2 Å². The molecule has 4 rings (SSSR count). The largest absolute Gasteiger partial charge is 0.494 e. The van der Waals surface area contributed by atoms with Gasteiger partial charge in [0.05, 0.1) is 28.4 Å². The average molecular weight is 377 g/mol. The highest BCUT2D eigenvalue weighted by atomic mass is 35.5. The van der Waals surface area contributed by atoms with Crippen LogP contribution in [0.4, 0.5) is 5.69 Å². The number of halogens is 2. The Morgan fingerprint density at radius 3 is 2.64 bits per heavy atom. The number of hydrogen-bond acceptors (Lipinski definition) is 4. The van der Waals surface area contributed by atoms with Gasteiger partial charge in [-0.3, -0.25) is 9.78 Å². The fraction of sp³-hybridized carbons (Fsp3) is 0.235. The van der Waals surface area contributed by atoms with Crippen LogP contribution in [0, 0.1) is 0 Å². The molecule has 2 aromatic heterocycles. The summed E-state index contributed by atoms with van der Waals surface area (Å²) in [4.78, 5) is 24.6. The van der Waals surface area contributed by atoms with Gasteiger partial charge in [0.1, 0.15) is 22.6 Å². The molecule has 0 saturated heterocycles. The van der Waals surface area contributed by atoms with Crippen molar-refractivity contribution in [2.24, 2.45) is 0 Å². The van der Waals surface area contributed by atoms with E-state index in [9.17, 15) is 4.79 Å². The van der Waals surface area contributed by atoms with Crippen molar-refractivity contribution < 1.29 is 9.53 Å². The normalized spacial score (nSPS) is 13.9. The van der Waals surface area contributed by atoms with Crippen molar-refractivity contribution in [3.63, 3.8) is 0 Å². The number of nitrogens with one attached hydrogen (secondary N) is 2. The van der Waals surface area contributed by atoms with Gasteiger partial charge in [-0.1, -0.05) is 23.2 Å². The van der Waals surface area contributed by atoms with Crippen molar-refractivity contribution in [1.82, 2.24) is 15.0 Å². The van der Waals surface area contributed by atoms with Crippen molar-refractivity contribution in [3.05, 3.63) is 46.0 Å². The predicted octanol–water partition coefficient (Wildman–Crippen LogP) is 4.40. The van der Waals surface area contributed by atoms with E-state index in [0.717, 1.165) is 18.7 Å². The Labute approximate surface area is 153 Å². The highest BCUT2D eigenvalue weighted by Gasteiger charge is 2.28. The highest BCUT2D eigenvalue weighted by Crippen LogP contribution is 2.40. The van der Waals surface area contributed by atoms with Gasteiger partial charge in [-0.15, -0.1) is 0 Å². The number of H-pyrrole nitrogens is 1. The van der Waals surface area contributed by atoms with Gasteiger partial charge in [-0.05, 0) is 25.0 Å². The van der Waals surface area contributed by atoms with E-state index in [-0.39, 0.29) is 16.0 Å². The van der Waals surface area contributed by atoms with Gasteiger partial charge >= 0.3 is 0 Å². The Kier molecular flexibility index (Phi) is 4.01. The number of pyridine rings is 1. The first-order valence-electron chi connectivity index (χ1n) is 7.75. The van der Waals surface area contributed by atoms with Crippen molar-refractivity contribution in [3.8, 4) is 5.75 Å². The highest BCUT2D eigenvalue weighted by molar-refractivity contribution is 6.39. The van der Waals surface area contributed by atoms with Gasteiger partial charge in [0.2, 0.25) is 0 Å². The molecule has 0 radical (unpaired) electrons. The number of carbonyl (C=O) groups is 1. The van der Waals surface area contributed by atoms with Crippen LogP contribution in [-0.2, 0) is 0 Å². The number of anilines is 1. The van der Waals surface area contributed by atoms with E-state index in [1.807, 2.05) is 0 Å². The molecule has 1 aromatic carbocycles. The third-order valence-corrected chi connectivity index (χ3v) is 4.72. The number of benzene rings is 1. The number of aromatic nitrogens is 3. The summed E-state index contributed by atoms with van der Waals surface area (Å²) in [7, 11) is 1.59. The fourth-order valence-electron chi connectivity index (χ4n) is 2.70. The van der Waals surface area contributed by atoms with Gasteiger partial charge in [0.15, 0.2) is 0 Å². The zero-order chi connectivity index (χ0) is 17.6. The van der Waals surface area contributed by atoms with Gasteiger partial charge in [0, 0.05) is 18.3 Å². The second-order valence-electron chi connectivity index (χ2n) is 5.87. The quantitative estimate of drug-likeness (QED) is 0.706. The van der Waals surface area contributed by atoms with E-state index in [1.165, 1.54) is 12.4 Å². The second-order valence-corrected chi connectivity index (χ2v) is 6.68. The topological polar surface area (TPSA) is 79.9 Å². The lowest BCUT2D eigenvalue weighted by atomic mass is 10.1. The summed E-state index contributed by atoms with van der Waals surface area (Å²) in [6.45, 7) is 0. The van der Waals surface area contributed by atoms with E-state index in [0.29, 0.717) is 34.0 Å². The van der Waals surface area contributed by atoms with Crippen molar-refractivity contribution in [1.29, 1.82) is 0 Å². The summed E-state index contributed by atoms with van der Waals surface area (Å²) in [6, 6.07) is 3.42. The molecule has 2 N–H and O–H groups in total. The van der Waals surface area contributed by atoms with Crippen LogP contribution < -0.4 is 10.1 Å². The minimum Gasteiger partial charge on any atom is -0.494 e. The summed E-state index contributed by atoms with van der Waals surface area (Å²) in [6.07, 6.45) is 5.05. The fourth-order valence-corrected chi connectivity index (χ4v) is 3.16. The average Bonchev–Trinajstić information content (AvgIpc) is 3.35. The Morgan fingerprint density at radius 1 is 1.28 bits per heavy atom. The molecule has 1 aliphatic rings. The number of aromatic amines is 1. The Balaban J connectivity index is 1.76. The number of rotatable bonds is 4. The maximum Gasteiger partial charge on any atom is 0.258 e. The first-order chi connectivity index (χ1) is 12.1. The minimum absolute atomic E-state index is 0.270. The Bertz CT molecular complexity index is 962. The lowest BCUT2D eigenvalue weighted by Crippen LogP contribution is -2.13. The molecular weight excluding hydrogens is 363 g/mol. The molecule has 1 fully saturated rings. The number of imidazole rings is 1. The van der Waals surface area contributed by atoms with Crippen LogP contribution in [0.5, 0.6) is 5.75 Å². The zero-order valence-corrected chi connectivity index (χ0v) is 14.8. The van der Waals surface area contributed by atoms with E-state index < -0.39 is 0 Å². The molecule has 128 valence electrons. The van der Waals surface area contributed by atoms with Crippen molar-refractivity contribution in [2.45, 2.75) is 18.8 Å². The van der Waals surface area contributed by atoms with Crippen LogP contribution in [0.3, 0.4) is 0 Å². The molecular formula is C17H14Cl2N4O2. The summed E-state index contributed by atoms with van der Waals surface area (Å²) in [5.74, 6) is 1.60. The third kappa shape index (κ3) is 2.92. The van der Waals surface area contributed by atoms with Crippen LogP contribution in [0.25, 0.3) is 11.0 Å². The summed E-state index contributed by atoms with van der Waals surface area (Å²) >= 11 is 12.2. The standard InChI is InChI=1S/C17H14Cl2N4O2/c1-25-12-5-4-9(13-15(12)22-16(21-13)8-2-3-8)17(24)23-14-10(18)6-20-7-11(14)19/h4-8H,2-3H2,1H3,(H,21,22)(H,20,23,24). The monoisotopic (exact) mass is 376 g/mol. The van der Waals surface area contributed by atoms with E-state index in [4.69, 9.17) is 27.9 Å². The van der Waals surface area contributed by atoms with Crippen LogP contribution in [0.15, 0.2) is 24.5 Å². The maximum atomic E-state index is 12.8. The molecule has 3 aromatic rings. The SMILES string of the molecule is COc1ccc(C(=O)Nc2c(Cl)cncc2Cl)c2nc(C3CC3)[nH]c12. The van der Waals surface area contributed by atoms with Crippen LogP contribution in [0.2, 0.25) is 10.0 Å². The number of amides is 1. The number of carbonyl (C=O) groups excluding carboxylic acids is 1. The predicted molar refractivity (Wildman–Crippen MR) is 96.8 cm³/mol. The Morgan fingerprint density at radius 2 is 2.00 bits per heavy atom. The summed E-state index contributed by atoms with van der Waals surface area (Å²) in [5, 5.41) is 3.28. The van der Waals surface area contributed by atoms with Gasteiger partial charge in [-0.2, -0.15) is 0 Å². The zero-order valence-electron chi connectivity index (χ0n) is 13.3. The van der Waals surface area contributed by atoms with Crippen LogP contribution in [0.1, 0.15) is 34.9 Å². The molecule has 1 amide bonds. The van der Waals surface area contributed by atoms with Gasteiger partial charge < -0.3 is 15.0 Å². The summed E-state index contributed by atoms with van der Waals surface area (Å²) < 4.78 is 5.38. The first-order valence-corrected chi connectivity index (χ1v) is 8.51. The van der Waals surface area contributed by atoms with Crippen LogP contribution in [-0.4, -0.2) is 28.0 Å². The Hall–Kier alpha value is -2.31. The molecule has 0 spiro atoms. The van der Waals surface area contributed by atoms with Crippen molar-refractivity contribution in [2.75, 3.05) is 12.4 Å². The lowest BCUT2D eigenvalue weighted by molar-refractivity contribution is 0.102. The molecule has 8 heteroatoms. The lowest BCUT2D eigenvalue weighted by Gasteiger charge is -2.10. The molecule has 2 heterocycles. The number of nitrogens with zero attached hydrogens (tertiary/aromatic N) is 2. The molecule has 6 nitrogen and oxygen atoms in total. The maximum absolute atomic E-state index is 12.8. The number of fused-ring (bicyclic) bond motifs is 1. The molecule has 1 saturated carbocycles. The van der Waals surface area contributed by atoms with Crippen molar-refractivity contribution >= 4 is 45.8 Å². The van der Waals surface area contributed by atoms with Gasteiger partial charge in [0.25, 0.3) is 5.91 Å².